The van der Waals surface area contributed by atoms with Crippen molar-refractivity contribution >= 4 is 33.4 Å². The number of benzene rings is 2. The van der Waals surface area contributed by atoms with Gasteiger partial charge in [-0.15, -0.1) is 0 Å². The average molecular weight is 401 g/mol. The molecular weight excluding hydrogens is 380 g/mol. The lowest BCUT2D eigenvalue weighted by Gasteiger charge is -2.09. The number of halogens is 1. The summed E-state index contributed by atoms with van der Waals surface area (Å²) < 4.78 is 4.32. The van der Waals surface area contributed by atoms with Gasteiger partial charge in [0, 0.05) is 45.9 Å². The van der Waals surface area contributed by atoms with Crippen molar-refractivity contribution in [3.63, 3.8) is 0 Å². The molecule has 0 saturated heterocycles. The van der Waals surface area contributed by atoms with E-state index >= 15 is 0 Å². The summed E-state index contributed by atoms with van der Waals surface area (Å²) in [4.78, 5) is 4.52. The maximum absolute atomic E-state index is 6.55. The molecule has 0 fully saturated rings. The van der Waals surface area contributed by atoms with E-state index in [1.807, 2.05) is 29.2 Å². The lowest BCUT2D eigenvalue weighted by molar-refractivity contribution is 0.687. The van der Waals surface area contributed by atoms with Gasteiger partial charge < -0.3 is 4.57 Å². The van der Waals surface area contributed by atoms with Gasteiger partial charge in [-0.25, -0.2) is 0 Å². The van der Waals surface area contributed by atoms with E-state index in [4.69, 9.17) is 11.6 Å². The van der Waals surface area contributed by atoms with E-state index in [-0.39, 0.29) is 0 Å². The van der Waals surface area contributed by atoms with Crippen LogP contribution in [0.15, 0.2) is 67.1 Å². The Bertz CT molecular complexity index is 1330. The molecular formula is C24H21ClN4. The summed E-state index contributed by atoms with van der Waals surface area (Å²) in [6.07, 6.45) is 5.90. The third-order valence-electron chi connectivity index (χ3n) is 5.46. The molecule has 0 N–H and O–H groups in total. The lowest BCUT2D eigenvalue weighted by atomic mass is 10.0. The van der Waals surface area contributed by atoms with Crippen LogP contribution in [0, 0.1) is 6.92 Å². The van der Waals surface area contributed by atoms with Crippen LogP contribution in [0.25, 0.3) is 32.9 Å². The zero-order chi connectivity index (χ0) is 20.0. The monoisotopic (exact) mass is 400 g/mol. The molecule has 3 heterocycles. The summed E-state index contributed by atoms with van der Waals surface area (Å²) in [7, 11) is 0. The van der Waals surface area contributed by atoms with Crippen LogP contribution in [0.1, 0.15) is 18.2 Å². The number of hydrogen-bond donors (Lipinski definition) is 0. The van der Waals surface area contributed by atoms with Crippen LogP contribution >= 0.6 is 11.6 Å². The summed E-state index contributed by atoms with van der Waals surface area (Å²) in [5.41, 5.74) is 6.78. The molecule has 0 amide bonds. The third-order valence-corrected chi connectivity index (χ3v) is 5.68. The second-order valence-electron chi connectivity index (χ2n) is 7.30. The van der Waals surface area contributed by atoms with Crippen LogP contribution in [0.2, 0.25) is 5.02 Å². The first-order valence-electron chi connectivity index (χ1n) is 9.79. The van der Waals surface area contributed by atoms with E-state index in [2.05, 4.69) is 71.1 Å². The highest BCUT2D eigenvalue weighted by Gasteiger charge is 2.18. The van der Waals surface area contributed by atoms with E-state index in [0.29, 0.717) is 0 Å². The quantitative estimate of drug-likeness (QED) is 0.366. The summed E-state index contributed by atoms with van der Waals surface area (Å²) in [5.74, 6) is 0. The zero-order valence-electron chi connectivity index (χ0n) is 16.4. The number of nitrogens with zero attached hydrogens (tertiary/aromatic N) is 4. The fourth-order valence-electron chi connectivity index (χ4n) is 4.22. The second kappa shape index (κ2) is 7.05. The predicted molar refractivity (Wildman–Crippen MR) is 119 cm³/mol. The Labute approximate surface area is 174 Å². The van der Waals surface area contributed by atoms with Gasteiger partial charge in [-0.2, -0.15) is 5.10 Å². The highest BCUT2D eigenvalue weighted by molar-refractivity contribution is 6.32. The molecule has 5 rings (SSSR count). The maximum Gasteiger partial charge on any atom is 0.0707 e. The minimum Gasteiger partial charge on any atom is -0.339 e. The molecule has 5 heteroatoms. The van der Waals surface area contributed by atoms with Crippen molar-refractivity contribution in [3.05, 3.63) is 83.4 Å². The SMILES string of the molecule is CCn1c2c(-c3cnn(Cc4ccccc4)c3)cc(Cl)cc2c2ccnc(C)c21. The minimum absolute atomic E-state index is 0.730. The molecule has 5 aromatic rings. The van der Waals surface area contributed by atoms with Crippen LogP contribution in [0.3, 0.4) is 0 Å². The van der Waals surface area contributed by atoms with Gasteiger partial charge in [-0.3, -0.25) is 9.67 Å². The van der Waals surface area contributed by atoms with Gasteiger partial charge in [0.15, 0.2) is 0 Å². The molecule has 29 heavy (non-hydrogen) atoms. The van der Waals surface area contributed by atoms with Crippen molar-refractivity contribution in [1.82, 2.24) is 19.3 Å². The number of hydrogen-bond acceptors (Lipinski definition) is 2. The molecule has 0 bridgehead atoms. The van der Waals surface area contributed by atoms with Crippen LogP contribution in [-0.2, 0) is 13.1 Å². The van der Waals surface area contributed by atoms with Crippen LogP contribution in [0.4, 0.5) is 0 Å². The number of rotatable bonds is 4. The number of fused-ring (bicyclic) bond motifs is 3. The second-order valence-corrected chi connectivity index (χ2v) is 7.73. The van der Waals surface area contributed by atoms with Gasteiger partial charge in [0.25, 0.3) is 0 Å². The Morgan fingerprint density at radius 3 is 2.62 bits per heavy atom. The van der Waals surface area contributed by atoms with E-state index in [1.165, 1.54) is 22.0 Å². The van der Waals surface area contributed by atoms with Gasteiger partial charge >= 0.3 is 0 Å². The summed E-state index contributed by atoms with van der Waals surface area (Å²) in [5, 5.41) is 7.68. The van der Waals surface area contributed by atoms with Crippen molar-refractivity contribution in [2.24, 2.45) is 0 Å². The van der Waals surface area contributed by atoms with E-state index < -0.39 is 0 Å². The standard InChI is InChI=1S/C24H21ClN4/c1-3-29-23-16(2)26-10-9-20(23)22-12-19(25)11-21(24(22)29)18-13-27-28(15-18)14-17-7-5-4-6-8-17/h4-13,15H,3,14H2,1-2H3. The van der Waals surface area contributed by atoms with Crippen LogP contribution in [0.5, 0.6) is 0 Å². The molecule has 0 spiro atoms. The van der Waals surface area contributed by atoms with Crippen molar-refractivity contribution < 1.29 is 0 Å². The Kier molecular flexibility index (Phi) is 4.36. The van der Waals surface area contributed by atoms with E-state index in [1.54, 1.807) is 0 Å². The van der Waals surface area contributed by atoms with E-state index in [0.717, 1.165) is 40.3 Å². The highest BCUT2D eigenvalue weighted by Crippen LogP contribution is 2.38. The normalized spacial score (nSPS) is 11.6. The third kappa shape index (κ3) is 3.00. The molecule has 0 aliphatic carbocycles. The first kappa shape index (κ1) is 18.0. The minimum atomic E-state index is 0.730. The molecule has 0 atom stereocenters. The largest absolute Gasteiger partial charge is 0.339 e. The van der Waals surface area contributed by atoms with Crippen molar-refractivity contribution in [1.29, 1.82) is 0 Å². The highest BCUT2D eigenvalue weighted by atomic mass is 35.5. The first-order valence-corrected chi connectivity index (χ1v) is 10.2. The average Bonchev–Trinajstić information content (AvgIpc) is 3.31. The molecule has 0 unspecified atom stereocenters. The molecule has 0 saturated carbocycles. The maximum atomic E-state index is 6.55. The van der Waals surface area contributed by atoms with Crippen molar-refractivity contribution in [3.8, 4) is 11.1 Å². The lowest BCUT2D eigenvalue weighted by Crippen LogP contribution is -1.99. The molecule has 0 aliphatic rings. The van der Waals surface area contributed by atoms with Gasteiger partial charge in [-0.05, 0) is 37.6 Å². The van der Waals surface area contributed by atoms with Gasteiger partial charge in [-0.1, -0.05) is 41.9 Å². The van der Waals surface area contributed by atoms with Crippen LogP contribution < -0.4 is 0 Å². The Morgan fingerprint density at radius 2 is 1.83 bits per heavy atom. The summed E-state index contributed by atoms with van der Waals surface area (Å²) in [6, 6.07) is 16.5. The Morgan fingerprint density at radius 1 is 1.00 bits per heavy atom. The number of aryl methyl sites for hydroxylation is 2. The van der Waals surface area contributed by atoms with Gasteiger partial charge in [0.2, 0.25) is 0 Å². The van der Waals surface area contributed by atoms with Crippen molar-refractivity contribution in [2.45, 2.75) is 26.9 Å². The van der Waals surface area contributed by atoms with Crippen molar-refractivity contribution in [2.75, 3.05) is 0 Å². The molecule has 4 nitrogen and oxygen atoms in total. The molecule has 3 aromatic heterocycles. The fraction of sp³-hybridized carbons (Fsp3) is 0.167. The number of pyridine rings is 1. The summed E-state index contributed by atoms with van der Waals surface area (Å²) >= 11 is 6.55. The molecule has 144 valence electrons. The van der Waals surface area contributed by atoms with Crippen LogP contribution in [-0.4, -0.2) is 19.3 Å². The zero-order valence-corrected chi connectivity index (χ0v) is 17.2. The van der Waals surface area contributed by atoms with Gasteiger partial charge in [0.1, 0.15) is 0 Å². The smallest absolute Gasteiger partial charge is 0.0707 e. The molecule has 2 aromatic carbocycles. The topological polar surface area (TPSA) is 35.6 Å². The first-order chi connectivity index (χ1) is 14.2. The Hall–Kier alpha value is -3.11. The number of aromatic nitrogens is 4. The Balaban J connectivity index is 1.72. The molecule has 0 aliphatic heterocycles. The van der Waals surface area contributed by atoms with Gasteiger partial charge in [0.05, 0.1) is 29.5 Å². The van der Waals surface area contributed by atoms with E-state index in [9.17, 15) is 0 Å². The molecule has 0 radical (unpaired) electrons. The predicted octanol–water partition coefficient (Wildman–Crippen LogP) is 6.08. The fourth-order valence-corrected chi connectivity index (χ4v) is 4.44. The summed E-state index contributed by atoms with van der Waals surface area (Å²) in [6.45, 7) is 5.83.